The van der Waals surface area contributed by atoms with E-state index in [9.17, 15) is 0 Å². The monoisotopic (exact) mass is 232 g/mol. The van der Waals surface area contributed by atoms with Crippen molar-refractivity contribution < 1.29 is 0 Å². The van der Waals surface area contributed by atoms with Crippen LogP contribution in [0.5, 0.6) is 0 Å². The van der Waals surface area contributed by atoms with E-state index in [0.29, 0.717) is 5.92 Å². The minimum atomic E-state index is 0.352. The van der Waals surface area contributed by atoms with E-state index in [2.05, 4.69) is 58.7 Å². The summed E-state index contributed by atoms with van der Waals surface area (Å²) in [6, 6.07) is 18.9. The number of hydrogen-bond donors (Lipinski definition) is 0. The maximum atomic E-state index is 4.40. The molecule has 0 spiro atoms. The van der Waals surface area contributed by atoms with Gasteiger partial charge in [-0.1, -0.05) is 54.6 Å². The Hall–Kier alpha value is -2.22. The first-order chi connectivity index (χ1) is 8.93. The predicted molar refractivity (Wildman–Crippen MR) is 73.2 cm³/mol. The van der Waals surface area contributed by atoms with Gasteiger partial charge in [0.2, 0.25) is 0 Å². The van der Waals surface area contributed by atoms with Crippen molar-refractivity contribution in [2.45, 2.75) is 6.42 Å². The predicted octanol–water partition coefficient (Wildman–Crippen LogP) is 3.07. The average molecular weight is 232 g/mol. The summed E-state index contributed by atoms with van der Waals surface area (Å²) in [6.07, 6.45) is 1.03. The normalized spacial score (nSPS) is 20.1. The molecule has 4 rings (SSSR count). The second-order valence-corrected chi connectivity index (χ2v) is 4.75. The van der Waals surface area contributed by atoms with Gasteiger partial charge in [-0.2, -0.15) is 10.2 Å². The van der Waals surface area contributed by atoms with Crippen LogP contribution in [0.2, 0.25) is 0 Å². The quantitative estimate of drug-likeness (QED) is 0.722. The third kappa shape index (κ3) is 1.29. The summed E-state index contributed by atoms with van der Waals surface area (Å²) < 4.78 is 0. The molecule has 86 valence electrons. The summed E-state index contributed by atoms with van der Waals surface area (Å²) in [4.78, 5) is 0. The van der Waals surface area contributed by atoms with Crippen molar-refractivity contribution in [3.05, 3.63) is 71.3 Å². The lowest BCUT2D eigenvalue weighted by Gasteiger charge is -2.07. The fourth-order valence-corrected chi connectivity index (χ4v) is 2.85. The minimum Gasteiger partial charge on any atom is -0.154 e. The van der Waals surface area contributed by atoms with Crippen LogP contribution in [0.25, 0.3) is 0 Å². The van der Waals surface area contributed by atoms with Crippen LogP contribution in [0.4, 0.5) is 0 Å². The lowest BCUT2D eigenvalue weighted by atomic mass is 9.94. The van der Waals surface area contributed by atoms with Gasteiger partial charge in [0.05, 0.1) is 17.3 Å². The van der Waals surface area contributed by atoms with Crippen molar-refractivity contribution in [3.63, 3.8) is 0 Å². The van der Waals surface area contributed by atoms with Crippen LogP contribution >= 0.6 is 0 Å². The van der Waals surface area contributed by atoms with Gasteiger partial charge in [-0.05, 0) is 17.5 Å². The van der Waals surface area contributed by atoms with Crippen LogP contribution in [0.15, 0.2) is 64.8 Å². The molecule has 2 nitrogen and oxygen atoms in total. The van der Waals surface area contributed by atoms with E-state index in [1.807, 2.05) is 6.07 Å². The molecule has 0 aromatic heterocycles. The molecule has 1 aliphatic carbocycles. The largest absolute Gasteiger partial charge is 0.154 e. The molecule has 1 heterocycles. The van der Waals surface area contributed by atoms with Crippen LogP contribution in [0.1, 0.15) is 16.7 Å². The van der Waals surface area contributed by atoms with Gasteiger partial charge in [0, 0.05) is 5.56 Å². The molecule has 0 bridgehead atoms. The summed E-state index contributed by atoms with van der Waals surface area (Å²) >= 11 is 0. The molecule has 18 heavy (non-hydrogen) atoms. The van der Waals surface area contributed by atoms with Gasteiger partial charge < -0.3 is 0 Å². The SMILES string of the molecule is c1ccc(C2=NN=C3c4ccccc4CC23)cc1. The van der Waals surface area contributed by atoms with Gasteiger partial charge in [-0.3, -0.25) is 0 Å². The van der Waals surface area contributed by atoms with E-state index < -0.39 is 0 Å². The Balaban J connectivity index is 1.76. The maximum absolute atomic E-state index is 4.40. The molecule has 2 aliphatic rings. The van der Waals surface area contributed by atoms with Crippen molar-refractivity contribution in [3.8, 4) is 0 Å². The van der Waals surface area contributed by atoms with Crippen molar-refractivity contribution in [1.29, 1.82) is 0 Å². The van der Waals surface area contributed by atoms with Crippen molar-refractivity contribution in [2.24, 2.45) is 16.1 Å². The fourth-order valence-electron chi connectivity index (χ4n) is 2.85. The molecule has 0 saturated carbocycles. The van der Waals surface area contributed by atoms with Gasteiger partial charge >= 0.3 is 0 Å². The molecule has 1 unspecified atom stereocenters. The summed E-state index contributed by atoms with van der Waals surface area (Å²) in [5.74, 6) is 0.352. The second kappa shape index (κ2) is 3.64. The first-order valence-corrected chi connectivity index (χ1v) is 6.22. The van der Waals surface area contributed by atoms with Gasteiger partial charge in [0.1, 0.15) is 0 Å². The zero-order valence-electron chi connectivity index (χ0n) is 9.88. The van der Waals surface area contributed by atoms with E-state index in [1.165, 1.54) is 16.7 Å². The topological polar surface area (TPSA) is 24.7 Å². The van der Waals surface area contributed by atoms with Crippen LogP contribution in [0.3, 0.4) is 0 Å². The molecule has 0 saturated heterocycles. The zero-order valence-corrected chi connectivity index (χ0v) is 9.88. The zero-order chi connectivity index (χ0) is 11.9. The third-order valence-corrected chi connectivity index (χ3v) is 3.71. The second-order valence-electron chi connectivity index (χ2n) is 4.75. The summed E-state index contributed by atoms with van der Waals surface area (Å²) in [6.45, 7) is 0. The average Bonchev–Trinajstić information content (AvgIpc) is 2.98. The Morgan fingerprint density at radius 2 is 1.50 bits per heavy atom. The first-order valence-electron chi connectivity index (χ1n) is 6.22. The molecule has 0 amide bonds. The Morgan fingerprint density at radius 1 is 0.778 bits per heavy atom. The first kappa shape index (κ1) is 9.77. The highest BCUT2D eigenvalue weighted by molar-refractivity contribution is 6.24. The molecule has 1 atom stereocenters. The van der Waals surface area contributed by atoms with Gasteiger partial charge in [-0.25, -0.2) is 0 Å². The molecule has 0 fully saturated rings. The molecule has 2 heteroatoms. The third-order valence-electron chi connectivity index (χ3n) is 3.71. The van der Waals surface area contributed by atoms with Crippen LogP contribution in [-0.2, 0) is 6.42 Å². The summed E-state index contributed by atoms with van der Waals surface area (Å²) in [7, 11) is 0. The minimum absolute atomic E-state index is 0.352. The number of nitrogens with zero attached hydrogens (tertiary/aromatic N) is 2. The van der Waals surface area contributed by atoms with E-state index in [4.69, 9.17) is 0 Å². The number of hydrogen-bond acceptors (Lipinski definition) is 2. The van der Waals surface area contributed by atoms with Crippen molar-refractivity contribution in [1.82, 2.24) is 0 Å². The molecule has 0 radical (unpaired) electrons. The number of rotatable bonds is 1. The standard InChI is InChI=1S/C16H12N2/c1-2-6-11(7-3-1)15-14-10-12-8-4-5-9-13(12)16(14)18-17-15/h1-9,14H,10H2. The lowest BCUT2D eigenvalue weighted by Crippen LogP contribution is -2.17. The Morgan fingerprint density at radius 3 is 2.39 bits per heavy atom. The lowest BCUT2D eigenvalue weighted by molar-refractivity contribution is 0.951. The van der Waals surface area contributed by atoms with Gasteiger partial charge in [0.25, 0.3) is 0 Å². The van der Waals surface area contributed by atoms with Crippen LogP contribution in [0, 0.1) is 5.92 Å². The van der Waals surface area contributed by atoms with E-state index in [-0.39, 0.29) is 0 Å². The Labute approximate surface area is 106 Å². The van der Waals surface area contributed by atoms with E-state index in [0.717, 1.165) is 17.8 Å². The summed E-state index contributed by atoms with van der Waals surface area (Å²) in [5.41, 5.74) is 6.11. The van der Waals surface area contributed by atoms with E-state index in [1.54, 1.807) is 0 Å². The Bertz CT molecular complexity index is 669. The van der Waals surface area contributed by atoms with Crippen molar-refractivity contribution in [2.75, 3.05) is 0 Å². The van der Waals surface area contributed by atoms with Crippen LogP contribution < -0.4 is 0 Å². The van der Waals surface area contributed by atoms with Crippen LogP contribution in [-0.4, -0.2) is 11.4 Å². The molecule has 2 aromatic rings. The maximum Gasteiger partial charge on any atom is 0.0800 e. The van der Waals surface area contributed by atoms with Gasteiger partial charge in [-0.15, -0.1) is 0 Å². The Kier molecular flexibility index (Phi) is 1.97. The molecule has 1 aliphatic heterocycles. The van der Waals surface area contributed by atoms with E-state index >= 15 is 0 Å². The highest BCUT2D eigenvalue weighted by atomic mass is 15.2. The number of fused-ring (bicyclic) bond motifs is 3. The number of benzene rings is 2. The molecule has 0 N–H and O–H groups in total. The molecule has 2 aromatic carbocycles. The van der Waals surface area contributed by atoms with Gasteiger partial charge in [0.15, 0.2) is 0 Å². The fraction of sp³-hybridized carbons (Fsp3) is 0.125. The highest BCUT2D eigenvalue weighted by Crippen LogP contribution is 2.33. The van der Waals surface area contributed by atoms with Crippen molar-refractivity contribution >= 4 is 11.4 Å². The molecular formula is C16H12N2. The summed E-state index contributed by atoms with van der Waals surface area (Å²) in [5, 5.41) is 8.80. The smallest absolute Gasteiger partial charge is 0.0800 e. The highest BCUT2D eigenvalue weighted by Gasteiger charge is 2.35. The molecular weight excluding hydrogens is 220 g/mol.